The number of hydrogen-bond donors (Lipinski definition) is 4. The molecule has 0 aromatic carbocycles. The topological polar surface area (TPSA) is 116 Å². The van der Waals surface area contributed by atoms with E-state index in [1.165, 1.54) is 0 Å². The normalized spacial score (nSPS) is 41.5. The molecule has 4 N–H and O–H groups in total. The van der Waals surface area contributed by atoms with Crippen molar-refractivity contribution in [3.05, 3.63) is 0 Å². The number of aldehydes is 1. The van der Waals surface area contributed by atoms with Crippen molar-refractivity contribution in [1.82, 2.24) is 0 Å². The molecule has 1 aliphatic heterocycles. The molecular formula is C8H14O7. The zero-order chi connectivity index (χ0) is 11.4. The minimum Gasteiger partial charge on any atom is -0.394 e. The van der Waals surface area contributed by atoms with Crippen LogP contribution in [0.5, 0.6) is 0 Å². The van der Waals surface area contributed by atoms with Crippen molar-refractivity contribution in [2.45, 2.75) is 30.7 Å². The second-order valence-corrected chi connectivity index (χ2v) is 3.19. The molecule has 0 bridgehead atoms. The zero-order valence-corrected chi connectivity index (χ0v) is 7.89. The van der Waals surface area contributed by atoms with E-state index in [-0.39, 0.29) is 6.61 Å². The largest absolute Gasteiger partial charge is 0.394 e. The number of carbonyl (C=O) groups is 1. The van der Waals surface area contributed by atoms with Crippen molar-refractivity contribution in [2.75, 3.05) is 13.2 Å². The second-order valence-electron chi connectivity index (χ2n) is 3.19. The molecule has 1 heterocycles. The molecule has 0 radical (unpaired) electrons. The lowest BCUT2D eigenvalue weighted by Gasteiger charge is -2.39. The quantitative estimate of drug-likeness (QED) is 0.374. The molecular weight excluding hydrogens is 208 g/mol. The lowest BCUT2D eigenvalue weighted by molar-refractivity contribution is -0.294. The SMILES string of the molecule is O=CCO[C@@H]1C(O)O[C@H](CO)[C@@H](O)[C@@H]1O. The Morgan fingerprint density at radius 1 is 1.27 bits per heavy atom. The molecule has 1 fully saturated rings. The van der Waals surface area contributed by atoms with E-state index in [0.29, 0.717) is 6.29 Å². The van der Waals surface area contributed by atoms with Crippen LogP contribution in [0.25, 0.3) is 0 Å². The van der Waals surface area contributed by atoms with Crippen LogP contribution in [0.3, 0.4) is 0 Å². The van der Waals surface area contributed by atoms with Gasteiger partial charge >= 0.3 is 0 Å². The van der Waals surface area contributed by atoms with Crippen molar-refractivity contribution >= 4 is 6.29 Å². The van der Waals surface area contributed by atoms with Crippen molar-refractivity contribution in [3.63, 3.8) is 0 Å². The van der Waals surface area contributed by atoms with Crippen molar-refractivity contribution < 1.29 is 34.7 Å². The standard InChI is InChI=1S/C8H14O7/c9-1-2-14-7-6(12)5(11)4(3-10)15-8(7)13/h1,4-8,10-13H,2-3H2/t4-,5-,6+,7+,8?/m1/s1. The molecule has 0 aromatic heterocycles. The predicted octanol–water partition coefficient (Wildman–Crippen LogP) is -3.00. The maximum atomic E-state index is 10.0. The first-order valence-electron chi connectivity index (χ1n) is 4.47. The van der Waals surface area contributed by atoms with E-state index in [1.807, 2.05) is 0 Å². The highest BCUT2D eigenvalue weighted by Gasteiger charge is 2.44. The summed E-state index contributed by atoms with van der Waals surface area (Å²) in [5, 5.41) is 37.0. The van der Waals surface area contributed by atoms with Crippen LogP contribution in [0.4, 0.5) is 0 Å². The summed E-state index contributed by atoms with van der Waals surface area (Å²) in [6.07, 6.45) is -6.08. The van der Waals surface area contributed by atoms with Gasteiger partial charge in [-0.3, -0.25) is 0 Å². The summed E-state index contributed by atoms with van der Waals surface area (Å²) in [6.45, 7) is -0.853. The summed E-state index contributed by atoms with van der Waals surface area (Å²) in [5.74, 6) is 0. The predicted molar refractivity (Wildman–Crippen MR) is 45.8 cm³/mol. The van der Waals surface area contributed by atoms with Crippen LogP contribution in [0.15, 0.2) is 0 Å². The molecule has 1 aliphatic rings. The third-order valence-corrected chi connectivity index (χ3v) is 2.20. The number of aliphatic hydroxyl groups is 4. The first kappa shape index (κ1) is 12.5. The smallest absolute Gasteiger partial charge is 0.184 e. The Morgan fingerprint density at radius 3 is 2.47 bits per heavy atom. The molecule has 7 nitrogen and oxygen atoms in total. The van der Waals surface area contributed by atoms with Crippen LogP contribution >= 0.6 is 0 Å². The third kappa shape index (κ3) is 2.71. The summed E-state index contributed by atoms with van der Waals surface area (Å²) in [5.41, 5.74) is 0. The highest BCUT2D eigenvalue weighted by atomic mass is 16.7. The van der Waals surface area contributed by atoms with Crippen LogP contribution in [-0.2, 0) is 14.3 Å². The molecule has 1 unspecified atom stereocenters. The Morgan fingerprint density at radius 2 is 1.93 bits per heavy atom. The fourth-order valence-electron chi connectivity index (χ4n) is 1.40. The van der Waals surface area contributed by atoms with Crippen LogP contribution in [0.1, 0.15) is 0 Å². The average molecular weight is 222 g/mol. The van der Waals surface area contributed by atoms with Crippen LogP contribution in [-0.4, -0.2) is 70.6 Å². The zero-order valence-electron chi connectivity index (χ0n) is 7.89. The number of carbonyl (C=O) groups excluding carboxylic acids is 1. The molecule has 5 atom stereocenters. The molecule has 1 saturated heterocycles. The Kier molecular flexibility index (Phi) is 4.58. The molecule has 0 spiro atoms. The Hall–Kier alpha value is -0.570. The number of hydrogen-bond acceptors (Lipinski definition) is 7. The summed E-state index contributed by atoms with van der Waals surface area (Å²) in [6, 6.07) is 0. The average Bonchev–Trinajstić information content (AvgIpc) is 2.23. The molecule has 0 aliphatic carbocycles. The lowest BCUT2D eigenvalue weighted by atomic mass is 9.99. The first-order valence-corrected chi connectivity index (χ1v) is 4.47. The summed E-state index contributed by atoms with van der Waals surface area (Å²) in [4.78, 5) is 10.0. The van der Waals surface area contributed by atoms with Gasteiger partial charge in [0.15, 0.2) is 6.29 Å². The first-order chi connectivity index (χ1) is 7.11. The highest BCUT2D eigenvalue weighted by Crippen LogP contribution is 2.21. The minimum absolute atomic E-state index is 0.321. The van der Waals surface area contributed by atoms with Gasteiger partial charge in [-0.25, -0.2) is 0 Å². The fourth-order valence-corrected chi connectivity index (χ4v) is 1.40. The van der Waals surface area contributed by atoms with Crippen LogP contribution in [0, 0.1) is 0 Å². The van der Waals surface area contributed by atoms with Crippen LogP contribution in [0.2, 0.25) is 0 Å². The van der Waals surface area contributed by atoms with Gasteiger partial charge in [-0.15, -0.1) is 0 Å². The highest BCUT2D eigenvalue weighted by molar-refractivity contribution is 5.50. The summed E-state index contributed by atoms with van der Waals surface area (Å²) >= 11 is 0. The maximum Gasteiger partial charge on any atom is 0.184 e. The Balaban J connectivity index is 2.61. The molecule has 7 heteroatoms. The summed E-state index contributed by atoms with van der Waals surface area (Å²) in [7, 11) is 0. The molecule has 88 valence electrons. The monoisotopic (exact) mass is 222 g/mol. The number of rotatable bonds is 4. The lowest BCUT2D eigenvalue weighted by Crippen LogP contribution is -2.59. The van der Waals surface area contributed by atoms with E-state index in [4.69, 9.17) is 14.6 Å². The van der Waals surface area contributed by atoms with Crippen LogP contribution < -0.4 is 0 Å². The van der Waals surface area contributed by atoms with Gasteiger partial charge in [0, 0.05) is 0 Å². The minimum atomic E-state index is -1.49. The molecule has 0 aromatic rings. The molecule has 15 heavy (non-hydrogen) atoms. The van der Waals surface area contributed by atoms with Gasteiger partial charge in [-0.2, -0.15) is 0 Å². The van der Waals surface area contributed by atoms with E-state index in [0.717, 1.165) is 0 Å². The number of aliphatic hydroxyl groups excluding tert-OH is 4. The van der Waals surface area contributed by atoms with Crippen molar-refractivity contribution in [1.29, 1.82) is 0 Å². The Labute approximate surface area is 85.9 Å². The van der Waals surface area contributed by atoms with Gasteiger partial charge in [0.05, 0.1) is 6.61 Å². The molecule has 0 amide bonds. The van der Waals surface area contributed by atoms with E-state index in [1.54, 1.807) is 0 Å². The molecule has 1 rings (SSSR count). The van der Waals surface area contributed by atoms with Gasteiger partial charge in [0.1, 0.15) is 37.3 Å². The summed E-state index contributed by atoms with van der Waals surface area (Å²) < 4.78 is 9.57. The van der Waals surface area contributed by atoms with E-state index < -0.39 is 37.3 Å². The van der Waals surface area contributed by atoms with Gasteiger partial charge < -0.3 is 34.7 Å². The van der Waals surface area contributed by atoms with E-state index in [2.05, 4.69) is 0 Å². The van der Waals surface area contributed by atoms with Gasteiger partial charge in [0.25, 0.3) is 0 Å². The second kappa shape index (κ2) is 5.50. The molecule has 0 saturated carbocycles. The number of ether oxygens (including phenoxy) is 2. The van der Waals surface area contributed by atoms with Gasteiger partial charge in [-0.1, -0.05) is 0 Å². The van der Waals surface area contributed by atoms with E-state index >= 15 is 0 Å². The fraction of sp³-hybridized carbons (Fsp3) is 0.875. The van der Waals surface area contributed by atoms with Gasteiger partial charge in [0.2, 0.25) is 0 Å². The van der Waals surface area contributed by atoms with Gasteiger partial charge in [-0.05, 0) is 0 Å². The maximum absolute atomic E-state index is 10.0. The van der Waals surface area contributed by atoms with Crippen molar-refractivity contribution in [2.24, 2.45) is 0 Å². The Bertz CT molecular complexity index is 209. The van der Waals surface area contributed by atoms with Crippen molar-refractivity contribution in [3.8, 4) is 0 Å². The third-order valence-electron chi connectivity index (χ3n) is 2.20. The van der Waals surface area contributed by atoms with E-state index in [9.17, 15) is 20.1 Å².